The molecule has 12 heteroatoms. The van der Waals surface area contributed by atoms with Gasteiger partial charge in [0.15, 0.2) is 10.8 Å². The Balaban J connectivity index is 1.23. The molecule has 5 aromatic rings. The molecule has 0 aliphatic heterocycles. The number of amides is 2. The van der Waals surface area contributed by atoms with E-state index in [-0.39, 0.29) is 29.8 Å². The van der Waals surface area contributed by atoms with Crippen molar-refractivity contribution in [2.45, 2.75) is 18.4 Å². The number of carboxylic acid groups (broad SMARTS) is 1. The Morgan fingerprint density at radius 3 is 2.32 bits per heavy atom. The molecule has 0 fully saturated rings. The number of nitrogens with one attached hydrogen (secondary N) is 2. The van der Waals surface area contributed by atoms with E-state index in [9.17, 15) is 24.3 Å². The van der Waals surface area contributed by atoms with E-state index in [4.69, 9.17) is 4.74 Å². The zero-order valence-electron chi connectivity index (χ0n) is 23.4. The minimum absolute atomic E-state index is 0.0263. The summed E-state index contributed by atoms with van der Waals surface area (Å²) in [6.07, 6.45) is -0.628. The zero-order chi connectivity index (χ0) is 30.8. The van der Waals surface area contributed by atoms with E-state index in [1.54, 1.807) is 24.3 Å². The summed E-state index contributed by atoms with van der Waals surface area (Å²) in [5.74, 6) is -1.46. The van der Waals surface area contributed by atoms with E-state index < -0.39 is 30.1 Å². The first-order chi connectivity index (χ1) is 21.3. The number of aromatic nitrogens is 2. The number of carbonyl (C=O) groups is 4. The molecular weight excluding hydrogens is 584 g/mol. The normalized spacial score (nSPS) is 12.7. The monoisotopic (exact) mass is 610 g/mol. The number of methoxy groups -OCH3 is 1. The molecule has 2 heterocycles. The Labute approximate surface area is 255 Å². The van der Waals surface area contributed by atoms with Gasteiger partial charge >= 0.3 is 18.2 Å². The Morgan fingerprint density at radius 2 is 1.64 bits per heavy atom. The molecule has 0 bridgehead atoms. The van der Waals surface area contributed by atoms with Crippen LogP contribution < -0.4 is 10.6 Å². The van der Waals surface area contributed by atoms with E-state index in [1.165, 1.54) is 18.7 Å². The summed E-state index contributed by atoms with van der Waals surface area (Å²) in [6.45, 7) is 0.0431. The number of ether oxygens (including phenoxy) is 2. The van der Waals surface area contributed by atoms with Gasteiger partial charge in [-0.1, -0.05) is 66.7 Å². The van der Waals surface area contributed by atoms with Crippen LogP contribution in [-0.2, 0) is 20.7 Å². The largest absolute Gasteiger partial charge is 0.464 e. The molecule has 0 spiro atoms. The van der Waals surface area contributed by atoms with Crippen LogP contribution in [0.3, 0.4) is 0 Å². The quantitative estimate of drug-likeness (QED) is 0.195. The Hall–Kier alpha value is -5.49. The third kappa shape index (κ3) is 5.50. The highest BCUT2D eigenvalue weighted by Crippen LogP contribution is 2.44. The minimum atomic E-state index is -1.18. The standard InChI is InChI=1S/C32H26N4O7S/c1-42-29(38)26-17-44-30(33-26)35-28(37)25(14-18-15-36(32(40)41)27-13-7-6-8-19(18)27)34-31(39)43-16-24-22-11-4-2-9-20(22)21-10-3-5-12-23(21)24/h2-13,15,17,24-25H,14,16H2,1H3,(H,34,39)(H,40,41)(H,33,35,37)/t25-/m0/s1. The highest BCUT2D eigenvalue weighted by molar-refractivity contribution is 7.14. The predicted molar refractivity (Wildman–Crippen MR) is 163 cm³/mol. The summed E-state index contributed by atoms with van der Waals surface area (Å²) in [7, 11) is 1.22. The van der Waals surface area contributed by atoms with Crippen LogP contribution in [0, 0.1) is 0 Å². The number of alkyl carbamates (subject to hydrolysis) is 1. The summed E-state index contributed by atoms with van der Waals surface area (Å²) in [4.78, 5) is 54.5. The van der Waals surface area contributed by atoms with Crippen LogP contribution in [0.4, 0.5) is 14.7 Å². The maximum absolute atomic E-state index is 13.5. The Bertz CT molecular complexity index is 1870. The van der Waals surface area contributed by atoms with Crippen LogP contribution >= 0.6 is 11.3 Å². The van der Waals surface area contributed by atoms with Gasteiger partial charge in [-0.2, -0.15) is 0 Å². The van der Waals surface area contributed by atoms with Crippen molar-refractivity contribution in [2.24, 2.45) is 0 Å². The second-order valence-corrected chi connectivity index (χ2v) is 10.9. The van der Waals surface area contributed by atoms with Gasteiger partial charge in [0.25, 0.3) is 0 Å². The number of esters is 1. The molecule has 0 saturated carbocycles. The molecule has 0 saturated heterocycles. The van der Waals surface area contributed by atoms with Gasteiger partial charge in [0.2, 0.25) is 5.91 Å². The average molecular weight is 611 g/mol. The van der Waals surface area contributed by atoms with Gasteiger partial charge in [0.1, 0.15) is 12.6 Å². The molecule has 1 aliphatic carbocycles. The lowest BCUT2D eigenvalue weighted by Gasteiger charge is -2.19. The maximum Gasteiger partial charge on any atom is 0.416 e. The van der Waals surface area contributed by atoms with Gasteiger partial charge in [0, 0.05) is 29.3 Å². The Kier molecular flexibility index (Phi) is 7.82. The van der Waals surface area contributed by atoms with Crippen molar-refractivity contribution >= 4 is 51.4 Å². The van der Waals surface area contributed by atoms with Gasteiger partial charge < -0.3 is 25.2 Å². The van der Waals surface area contributed by atoms with Gasteiger partial charge in [-0.05, 0) is 33.9 Å². The fourth-order valence-electron chi connectivity index (χ4n) is 5.50. The second kappa shape index (κ2) is 12.0. The molecule has 2 aromatic heterocycles. The van der Waals surface area contributed by atoms with Gasteiger partial charge in [0.05, 0.1) is 12.6 Å². The van der Waals surface area contributed by atoms with Crippen LogP contribution in [0.2, 0.25) is 0 Å². The van der Waals surface area contributed by atoms with E-state index >= 15 is 0 Å². The minimum Gasteiger partial charge on any atom is -0.464 e. The molecule has 0 unspecified atom stereocenters. The summed E-state index contributed by atoms with van der Waals surface area (Å²) in [5, 5.41) is 17.2. The highest BCUT2D eigenvalue weighted by Gasteiger charge is 2.30. The molecule has 1 aliphatic rings. The predicted octanol–water partition coefficient (Wildman–Crippen LogP) is 5.50. The molecule has 2 amide bonds. The first kappa shape index (κ1) is 28.6. The molecule has 0 radical (unpaired) electrons. The molecule has 6 rings (SSSR count). The number of hydrogen-bond acceptors (Lipinski definition) is 8. The number of para-hydroxylation sites is 1. The summed E-state index contributed by atoms with van der Waals surface area (Å²) >= 11 is 1.02. The number of nitrogens with zero attached hydrogens (tertiary/aromatic N) is 2. The van der Waals surface area contributed by atoms with Crippen molar-refractivity contribution in [3.63, 3.8) is 0 Å². The van der Waals surface area contributed by atoms with Gasteiger partial charge in [-0.3, -0.25) is 9.36 Å². The van der Waals surface area contributed by atoms with E-state index in [1.807, 2.05) is 48.5 Å². The maximum atomic E-state index is 13.5. The van der Waals surface area contributed by atoms with Crippen LogP contribution in [-0.4, -0.2) is 58.5 Å². The summed E-state index contributed by atoms with van der Waals surface area (Å²) in [5.41, 5.74) is 5.25. The molecular formula is C32H26N4O7S. The summed E-state index contributed by atoms with van der Waals surface area (Å²) < 4.78 is 11.4. The third-order valence-corrected chi connectivity index (χ3v) is 8.26. The molecule has 222 valence electrons. The lowest BCUT2D eigenvalue weighted by atomic mass is 9.98. The Morgan fingerprint density at radius 1 is 0.977 bits per heavy atom. The van der Waals surface area contributed by atoms with Crippen molar-refractivity contribution in [1.82, 2.24) is 14.9 Å². The molecule has 1 atom stereocenters. The lowest BCUT2D eigenvalue weighted by molar-refractivity contribution is -0.118. The zero-order valence-corrected chi connectivity index (χ0v) is 24.2. The topological polar surface area (TPSA) is 149 Å². The van der Waals surface area contributed by atoms with Crippen LogP contribution in [0.25, 0.3) is 22.0 Å². The number of hydrogen-bond donors (Lipinski definition) is 3. The van der Waals surface area contributed by atoms with Gasteiger partial charge in [-0.15, -0.1) is 11.3 Å². The van der Waals surface area contributed by atoms with Crippen molar-refractivity contribution in [3.8, 4) is 11.1 Å². The highest BCUT2D eigenvalue weighted by atomic mass is 32.1. The smallest absolute Gasteiger partial charge is 0.416 e. The number of carbonyl (C=O) groups excluding carboxylic acids is 3. The SMILES string of the molecule is COC(=O)c1csc(NC(=O)[C@H](Cc2cn(C(=O)O)c3ccccc23)NC(=O)OCC2c3ccccc3-c3ccccc32)n1. The van der Waals surface area contributed by atoms with Crippen LogP contribution in [0.5, 0.6) is 0 Å². The molecule has 3 aromatic carbocycles. The van der Waals surface area contributed by atoms with Gasteiger partial charge in [-0.25, -0.2) is 19.4 Å². The van der Waals surface area contributed by atoms with E-state index in [0.29, 0.717) is 16.5 Å². The number of benzene rings is 3. The second-order valence-electron chi connectivity index (χ2n) is 10.1. The van der Waals surface area contributed by atoms with Crippen molar-refractivity contribution < 1.29 is 33.8 Å². The van der Waals surface area contributed by atoms with Crippen molar-refractivity contribution in [1.29, 1.82) is 0 Å². The third-order valence-electron chi connectivity index (χ3n) is 7.51. The molecule has 44 heavy (non-hydrogen) atoms. The number of rotatable bonds is 8. The molecule has 3 N–H and O–H groups in total. The number of anilines is 1. The number of thiazole rings is 1. The van der Waals surface area contributed by atoms with Crippen molar-refractivity contribution in [2.75, 3.05) is 19.0 Å². The average Bonchev–Trinajstić information content (AvgIpc) is 3.74. The first-order valence-corrected chi connectivity index (χ1v) is 14.5. The van der Waals surface area contributed by atoms with Crippen molar-refractivity contribution in [3.05, 3.63) is 107 Å². The van der Waals surface area contributed by atoms with Crippen LogP contribution in [0.1, 0.15) is 33.1 Å². The number of fused-ring (bicyclic) bond motifs is 4. The summed E-state index contributed by atoms with van der Waals surface area (Å²) in [6, 6.07) is 21.6. The fourth-order valence-corrected chi connectivity index (χ4v) is 6.19. The van der Waals surface area contributed by atoms with E-state index in [2.05, 4.69) is 20.4 Å². The lowest BCUT2D eigenvalue weighted by Crippen LogP contribution is -2.45. The fraction of sp³-hybridized carbons (Fsp3) is 0.156. The van der Waals surface area contributed by atoms with E-state index in [0.717, 1.165) is 38.2 Å². The first-order valence-electron chi connectivity index (χ1n) is 13.6. The van der Waals surface area contributed by atoms with Crippen LogP contribution in [0.15, 0.2) is 84.4 Å². The molecule has 11 nitrogen and oxygen atoms in total.